The maximum absolute atomic E-state index is 9.90. The molecule has 5 nitrogen and oxygen atoms in total. The number of nitrogens with two attached hydrogens (primary N) is 1. The number of β-amino-alcohol motifs (C(OH)–C–C–N with tert-alkyl or cyclic N) is 1. The van der Waals surface area contributed by atoms with Crippen LogP contribution in [0.25, 0.3) is 11.1 Å². The molecule has 1 fully saturated rings. The summed E-state index contributed by atoms with van der Waals surface area (Å²) in [5.74, 6) is 0.335. The summed E-state index contributed by atoms with van der Waals surface area (Å²) in [7, 11) is 0. The third kappa shape index (κ3) is 1.90. The van der Waals surface area contributed by atoms with E-state index >= 15 is 0 Å². The second-order valence-electron chi connectivity index (χ2n) is 5.00. The molecule has 0 amide bonds. The summed E-state index contributed by atoms with van der Waals surface area (Å²) in [5.41, 5.74) is 7.88. The van der Waals surface area contributed by atoms with E-state index in [1.165, 1.54) is 0 Å². The lowest BCUT2D eigenvalue weighted by Crippen LogP contribution is -2.43. The molecule has 96 valence electrons. The molecule has 0 spiro atoms. The van der Waals surface area contributed by atoms with Gasteiger partial charge < -0.3 is 20.2 Å². The van der Waals surface area contributed by atoms with Crippen molar-refractivity contribution in [2.45, 2.75) is 19.4 Å². The number of oxazole rings is 1. The number of hydrogen-bond donors (Lipinski definition) is 2. The zero-order valence-corrected chi connectivity index (χ0v) is 10.3. The van der Waals surface area contributed by atoms with E-state index in [9.17, 15) is 5.11 Å². The molecule has 1 aromatic carbocycles. The molecule has 0 radical (unpaired) electrons. The minimum atomic E-state index is -0.321. The molecule has 5 heteroatoms. The summed E-state index contributed by atoms with van der Waals surface area (Å²) in [5, 5.41) is 9.90. The van der Waals surface area contributed by atoms with Gasteiger partial charge in [-0.3, -0.25) is 0 Å². The summed E-state index contributed by atoms with van der Waals surface area (Å²) in [6.45, 7) is 3.50. The van der Waals surface area contributed by atoms with Gasteiger partial charge in [-0.2, -0.15) is 4.98 Å². The summed E-state index contributed by atoms with van der Waals surface area (Å²) in [6.07, 6.45) is 0.626. The van der Waals surface area contributed by atoms with Crippen LogP contribution < -0.4 is 10.6 Å². The van der Waals surface area contributed by atoms with Gasteiger partial charge in [0, 0.05) is 18.8 Å². The Kier molecular flexibility index (Phi) is 2.63. The Morgan fingerprint density at radius 1 is 1.50 bits per heavy atom. The Morgan fingerprint density at radius 2 is 2.33 bits per heavy atom. The van der Waals surface area contributed by atoms with Crippen molar-refractivity contribution < 1.29 is 9.52 Å². The smallest absolute Gasteiger partial charge is 0.298 e. The lowest BCUT2D eigenvalue weighted by molar-refractivity contribution is 0.101. The highest BCUT2D eigenvalue weighted by Gasteiger charge is 2.26. The molecule has 0 aliphatic carbocycles. The summed E-state index contributed by atoms with van der Waals surface area (Å²) < 4.78 is 5.69. The Balaban J connectivity index is 1.90. The van der Waals surface area contributed by atoms with Gasteiger partial charge >= 0.3 is 0 Å². The molecule has 3 N–H and O–H groups in total. The van der Waals surface area contributed by atoms with Gasteiger partial charge in [-0.25, -0.2) is 0 Å². The number of fused-ring (bicyclic) bond motifs is 1. The molecule has 18 heavy (non-hydrogen) atoms. The fraction of sp³-hybridized carbons (Fsp3) is 0.462. The minimum Gasteiger partial charge on any atom is -0.423 e. The molecular weight excluding hydrogens is 230 g/mol. The molecule has 0 bridgehead atoms. The van der Waals surface area contributed by atoms with Gasteiger partial charge in [0.25, 0.3) is 6.01 Å². The zero-order chi connectivity index (χ0) is 12.7. The summed E-state index contributed by atoms with van der Waals surface area (Å²) >= 11 is 0. The van der Waals surface area contributed by atoms with Crippen molar-refractivity contribution in [3.63, 3.8) is 0 Å². The van der Waals surface area contributed by atoms with Gasteiger partial charge in [0.1, 0.15) is 5.52 Å². The number of nitrogens with zero attached hydrogens (tertiary/aromatic N) is 2. The lowest BCUT2D eigenvalue weighted by Gasteiger charge is -2.33. The molecule has 1 aliphatic heterocycles. The molecule has 1 aliphatic rings. The number of aromatic nitrogens is 1. The van der Waals surface area contributed by atoms with Crippen LogP contribution in [-0.2, 0) is 0 Å². The molecule has 3 rings (SSSR count). The third-order valence-electron chi connectivity index (χ3n) is 3.59. The normalized spacial score (nSPS) is 24.7. The first-order chi connectivity index (χ1) is 8.63. The quantitative estimate of drug-likeness (QED) is 0.749. The number of aliphatic hydroxyl groups is 1. The van der Waals surface area contributed by atoms with Crippen molar-refractivity contribution >= 4 is 22.8 Å². The van der Waals surface area contributed by atoms with E-state index in [0.29, 0.717) is 24.2 Å². The molecule has 2 unspecified atom stereocenters. The average Bonchev–Trinajstić information content (AvgIpc) is 2.75. The Morgan fingerprint density at radius 3 is 3.11 bits per heavy atom. The number of anilines is 2. The topological polar surface area (TPSA) is 75.5 Å². The van der Waals surface area contributed by atoms with Crippen LogP contribution >= 0.6 is 0 Å². The van der Waals surface area contributed by atoms with E-state index < -0.39 is 0 Å². The minimum absolute atomic E-state index is 0.321. The zero-order valence-electron chi connectivity index (χ0n) is 10.3. The van der Waals surface area contributed by atoms with Gasteiger partial charge in [-0.1, -0.05) is 6.92 Å². The molecule has 1 aromatic heterocycles. The first-order valence-corrected chi connectivity index (χ1v) is 6.22. The van der Waals surface area contributed by atoms with Crippen LogP contribution in [0.1, 0.15) is 13.3 Å². The number of rotatable bonds is 1. The van der Waals surface area contributed by atoms with Gasteiger partial charge in [-0.05, 0) is 30.5 Å². The van der Waals surface area contributed by atoms with Crippen molar-refractivity contribution in [1.29, 1.82) is 0 Å². The van der Waals surface area contributed by atoms with E-state index in [-0.39, 0.29) is 6.10 Å². The standard InChI is InChI=1S/C13H17N3O2/c1-8-4-5-16(7-11(8)17)13-15-10-6-9(14)2-3-12(10)18-13/h2-3,6,8,11,17H,4-5,7,14H2,1H3. The molecule has 2 aromatic rings. The van der Waals surface area contributed by atoms with Gasteiger partial charge in [0.15, 0.2) is 5.58 Å². The fourth-order valence-corrected chi connectivity index (χ4v) is 2.29. The third-order valence-corrected chi connectivity index (χ3v) is 3.59. The van der Waals surface area contributed by atoms with Crippen LogP contribution in [0.3, 0.4) is 0 Å². The van der Waals surface area contributed by atoms with E-state index in [4.69, 9.17) is 10.2 Å². The van der Waals surface area contributed by atoms with Crippen LogP contribution in [0.5, 0.6) is 0 Å². The maximum Gasteiger partial charge on any atom is 0.298 e. The highest BCUT2D eigenvalue weighted by atomic mass is 16.4. The molecular formula is C13H17N3O2. The van der Waals surface area contributed by atoms with Gasteiger partial charge in [0.2, 0.25) is 0 Å². The van der Waals surface area contributed by atoms with Crippen molar-refractivity contribution in [3.05, 3.63) is 18.2 Å². The Hall–Kier alpha value is -1.75. The van der Waals surface area contributed by atoms with Crippen molar-refractivity contribution in [2.24, 2.45) is 5.92 Å². The Labute approximate surface area is 105 Å². The number of benzene rings is 1. The number of hydrogen-bond acceptors (Lipinski definition) is 5. The van der Waals surface area contributed by atoms with Crippen molar-refractivity contribution in [3.8, 4) is 0 Å². The highest BCUT2D eigenvalue weighted by Crippen LogP contribution is 2.27. The summed E-state index contributed by atoms with van der Waals surface area (Å²) in [4.78, 5) is 6.41. The average molecular weight is 247 g/mol. The van der Waals surface area contributed by atoms with Crippen molar-refractivity contribution in [2.75, 3.05) is 23.7 Å². The first kappa shape index (κ1) is 11.3. The van der Waals surface area contributed by atoms with Crippen LogP contribution in [0, 0.1) is 5.92 Å². The van der Waals surface area contributed by atoms with Crippen LogP contribution in [0.15, 0.2) is 22.6 Å². The molecule has 1 saturated heterocycles. The fourth-order valence-electron chi connectivity index (χ4n) is 2.29. The molecule has 2 heterocycles. The van der Waals surface area contributed by atoms with E-state index in [1.807, 2.05) is 11.0 Å². The van der Waals surface area contributed by atoms with E-state index in [1.54, 1.807) is 12.1 Å². The number of piperidine rings is 1. The van der Waals surface area contributed by atoms with Crippen molar-refractivity contribution in [1.82, 2.24) is 4.98 Å². The van der Waals surface area contributed by atoms with E-state index in [0.717, 1.165) is 24.1 Å². The van der Waals surface area contributed by atoms with Gasteiger partial charge in [0.05, 0.1) is 6.10 Å². The Bertz CT molecular complexity index is 566. The molecule has 0 saturated carbocycles. The van der Waals surface area contributed by atoms with Gasteiger partial charge in [-0.15, -0.1) is 0 Å². The number of aliphatic hydroxyl groups excluding tert-OH is 1. The monoisotopic (exact) mass is 247 g/mol. The van der Waals surface area contributed by atoms with Crippen LogP contribution in [0.2, 0.25) is 0 Å². The van der Waals surface area contributed by atoms with E-state index in [2.05, 4.69) is 11.9 Å². The predicted octanol–water partition coefficient (Wildman–Crippen LogP) is 1.62. The molecule has 2 atom stereocenters. The number of nitrogen functional groups attached to an aromatic ring is 1. The highest BCUT2D eigenvalue weighted by molar-refractivity contribution is 5.78. The van der Waals surface area contributed by atoms with Crippen LogP contribution in [0.4, 0.5) is 11.7 Å². The predicted molar refractivity (Wildman–Crippen MR) is 70.4 cm³/mol. The second-order valence-corrected chi connectivity index (χ2v) is 5.00. The van der Waals surface area contributed by atoms with Crippen LogP contribution in [-0.4, -0.2) is 29.3 Å². The lowest BCUT2D eigenvalue weighted by atomic mass is 9.96. The maximum atomic E-state index is 9.90. The summed E-state index contributed by atoms with van der Waals surface area (Å²) in [6, 6.07) is 5.99. The first-order valence-electron chi connectivity index (χ1n) is 6.22. The largest absolute Gasteiger partial charge is 0.423 e. The SMILES string of the molecule is CC1CCN(c2nc3cc(N)ccc3o2)CC1O. The second kappa shape index (κ2) is 4.17.